The Morgan fingerprint density at radius 2 is 1.93 bits per heavy atom. The topological polar surface area (TPSA) is 145 Å². The first-order chi connectivity index (χ1) is 19.8. The Morgan fingerprint density at radius 3 is 2.68 bits per heavy atom. The first-order valence-electron chi connectivity index (χ1n) is 13.4. The van der Waals surface area contributed by atoms with Crippen LogP contribution in [0.25, 0.3) is 11.5 Å². The van der Waals surface area contributed by atoms with Gasteiger partial charge in [-0.1, -0.05) is 48.4 Å². The zero-order valence-corrected chi connectivity index (χ0v) is 23.3. The van der Waals surface area contributed by atoms with Gasteiger partial charge in [-0.15, -0.1) is 5.10 Å². The number of halogens is 1. The molecule has 0 radical (unpaired) electrons. The molecule has 2 aliphatic rings. The summed E-state index contributed by atoms with van der Waals surface area (Å²) in [7, 11) is 1.98. The number of aromatic nitrogens is 2. The maximum Gasteiger partial charge on any atom is 0.437 e. The number of likely N-dealkylation sites (N-methyl/N-ethyl adjacent to an activating group) is 1. The van der Waals surface area contributed by atoms with Gasteiger partial charge in [-0.25, -0.2) is 9.59 Å². The van der Waals surface area contributed by atoms with E-state index in [0.717, 1.165) is 18.5 Å². The monoisotopic (exact) mass is 586 g/mol. The van der Waals surface area contributed by atoms with Crippen LogP contribution in [0.1, 0.15) is 43.7 Å². The maximum absolute atomic E-state index is 13.0. The van der Waals surface area contributed by atoms with Gasteiger partial charge < -0.3 is 28.6 Å². The second-order valence-electron chi connectivity index (χ2n) is 9.98. The number of carboxylic acids is 1. The minimum absolute atomic E-state index is 0.00463. The first-order valence-corrected chi connectivity index (χ1v) is 13.8. The minimum atomic E-state index is -0.822. The van der Waals surface area contributed by atoms with Gasteiger partial charge in [0.1, 0.15) is 25.5 Å². The highest BCUT2D eigenvalue weighted by molar-refractivity contribution is 6.34. The van der Waals surface area contributed by atoms with Crippen molar-refractivity contribution in [2.75, 3.05) is 32.1 Å². The molecule has 0 aliphatic carbocycles. The molecule has 2 atom stereocenters. The molecule has 1 unspecified atom stereocenters. The highest BCUT2D eigenvalue weighted by atomic mass is 35.5. The summed E-state index contributed by atoms with van der Waals surface area (Å²) in [5, 5.41) is 16.2. The largest absolute Gasteiger partial charge is 0.485 e. The van der Waals surface area contributed by atoms with E-state index < -0.39 is 17.8 Å². The Balaban J connectivity index is 1.37. The summed E-state index contributed by atoms with van der Waals surface area (Å²) < 4.78 is 23.9. The number of ether oxygens (including phenoxy) is 3. The summed E-state index contributed by atoms with van der Waals surface area (Å²) in [5.74, 6) is -1.01. The lowest BCUT2D eigenvalue weighted by molar-refractivity contribution is -0.137. The van der Waals surface area contributed by atoms with E-state index in [1.165, 1.54) is 10.7 Å². The highest BCUT2D eigenvalue weighted by Crippen LogP contribution is 2.48. The number of rotatable bonds is 10. The first kappa shape index (κ1) is 28.5. The van der Waals surface area contributed by atoms with Crippen LogP contribution in [0, 0.1) is 0 Å². The van der Waals surface area contributed by atoms with Crippen LogP contribution < -0.4 is 20.5 Å². The molecule has 12 nitrogen and oxygen atoms in total. The lowest BCUT2D eigenvalue weighted by atomic mass is 10.0. The van der Waals surface area contributed by atoms with Crippen LogP contribution in [0.3, 0.4) is 0 Å². The predicted molar refractivity (Wildman–Crippen MR) is 149 cm³/mol. The fourth-order valence-electron chi connectivity index (χ4n) is 5.24. The normalized spacial score (nSPS) is 18.3. The lowest BCUT2D eigenvalue weighted by Gasteiger charge is -2.24. The van der Waals surface area contributed by atoms with Crippen molar-refractivity contribution in [3.05, 3.63) is 57.5 Å². The van der Waals surface area contributed by atoms with Crippen LogP contribution in [-0.4, -0.2) is 64.7 Å². The summed E-state index contributed by atoms with van der Waals surface area (Å²) in [6.07, 6.45) is 2.08. The molecule has 13 heteroatoms. The van der Waals surface area contributed by atoms with E-state index in [1.54, 1.807) is 0 Å². The molecule has 2 aromatic carbocycles. The highest BCUT2D eigenvalue weighted by Gasteiger charge is 2.36. The van der Waals surface area contributed by atoms with Crippen LogP contribution in [0.2, 0.25) is 5.02 Å². The van der Waals surface area contributed by atoms with E-state index in [0.29, 0.717) is 24.8 Å². The maximum atomic E-state index is 13.0. The molecule has 0 saturated carbocycles. The predicted octanol–water partition coefficient (Wildman–Crippen LogP) is 4.57. The molecule has 0 spiro atoms. The van der Waals surface area contributed by atoms with Gasteiger partial charge in [-0.05, 0) is 37.9 Å². The minimum Gasteiger partial charge on any atom is -0.485 e. The van der Waals surface area contributed by atoms with Crippen LogP contribution in [-0.2, 0) is 16.1 Å². The Kier molecular flexibility index (Phi) is 8.79. The molecule has 5 rings (SSSR count). The summed E-state index contributed by atoms with van der Waals surface area (Å²) in [6, 6.07) is 10.5. The number of nitrogens with zero attached hydrogens (tertiary/aromatic N) is 3. The van der Waals surface area contributed by atoms with Gasteiger partial charge in [-0.2, -0.15) is 4.68 Å². The van der Waals surface area contributed by atoms with Gasteiger partial charge in [-0.3, -0.25) is 10.1 Å². The molecular formula is C28H31ClN4O8. The van der Waals surface area contributed by atoms with Gasteiger partial charge in [0.2, 0.25) is 0 Å². The van der Waals surface area contributed by atoms with Crippen molar-refractivity contribution in [3.63, 3.8) is 0 Å². The number of benzene rings is 2. The number of anilines is 1. The number of likely N-dealkylation sites (tertiary alicyclic amines) is 1. The Hall–Kier alpha value is -4.03. The fraction of sp³-hybridized carbons (Fsp3) is 0.429. The van der Waals surface area contributed by atoms with Crippen molar-refractivity contribution in [2.45, 2.75) is 50.8 Å². The summed E-state index contributed by atoms with van der Waals surface area (Å²) in [5.41, 5.74) is 1.31. The van der Waals surface area contributed by atoms with Gasteiger partial charge in [0.05, 0.1) is 16.6 Å². The molecule has 3 heterocycles. The second-order valence-corrected chi connectivity index (χ2v) is 10.4. The number of hydrogen-bond donors (Lipinski definition) is 2. The fourth-order valence-corrected chi connectivity index (χ4v) is 5.48. The summed E-state index contributed by atoms with van der Waals surface area (Å²) in [6.45, 7) is 1.29. The van der Waals surface area contributed by atoms with E-state index in [4.69, 9.17) is 35.3 Å². The average Bonchev–Trinajstić information content (AvgIpc) is 3.53. The van der Waals surface area contributed by atoms with E-state index in [2.05, 4.69) is 15.3 Å². The van der Waals surface area contributed by atoms with E-state index in [-0.39, 0.29) is 66.4 Å². The van der Waals surface area contributed by atoms with Crippen molar-refractivity contribution < 1.29 is 33.3 Å². The van der Waals surface area contributed by atoms with Gasteiger partial charge in [0.25, 0.3) is 5.89 Å². The number of nitrogens with one attached hydrogen (secondary N) is 1. The standard InChI is InChI=1S/C28H31ClN4O8/c1-32-12-11-21(20(32)9-5-6-10-22(34)35)33-28(37)41-26(31-33)18-15-19(29)23(25-24(18)38-13-14-39-25)30-27(36)40-16-17-7-3-2-4-8-17/h2-4,7-8,15,20-21H,5-6,9-14,16H2,1H3,(H,30,36)(H,34,35)/t20?,21-/m0/s1. The molecule has 2 aliphatic heterocycles. The van der Waals surface area contributed by atoms with Crippen molar-refractivity contribution in [2.24, 2.45) is 0 Å². The van der Waals surface area contributed by atoms with E-state index in [1.807, 2.05) is 37.4 Å². The lowest BCUT2D eigenvalue weighted by Crippen LogP contribution is -2.34. The number of fused-ring (bicyclic) bond motifs is 1. The number of carboxylic acid groups (broad SMARTS) is 1. The molecule has 1 saturated heterocycles. The zero-order valence-electron chi connectivity index (χ0n) is 22.5. The number of carbonyl (C=O) groups excluding carboxylic acids is 1. The van der Waals surface area contributed by atoms with Gasteiger partial charge in [0, 0.05) is 19.0 Å². The molecule has 1 aromatic heterocycles. The average molecular weight is 587 g/mol. The molecule has 0 bridgehead atoms. The number of hydrogen-bond acceptors (Lipinski definition) is 9. The molecule has 218 valence electrons. The number of carbonyl (C=O) groups is 2. The third-order valence-electron chi connectivity index (χ3n) is 7.25. The Bertz CT molecular complexity index is 1460. The van der Waals surface area contributed by atoms with Gasteiger partial charge >= 0.3 is 17.8 Å². The van der Waals surface area contributed by atoms with Crippen LogP contribution in [0.5, 0.6) is 11.5 Å². The summed E-state index contributed by atoms with van der Waals surface area (Å²) in [4.78, 5) is 38.6. The van der Waals surface area contributed by atoms with E-state index >= 15 is 0 Å². The Morgan fingerprint density at radius 1 is 1.17 bits per heavy atom. The SMILES string of the molecule is CN1CC[C@H](n2nc(-c3cc(Cl)c(NC(=O)OCc4ccccc4)c4c3OCCO4)oc2=O)C1CCCCC(=O)O. The van der Waals surface area contributed by atoms with E-state index in [9.17, 15) is 14.4 Å². The van der Waals surface area contributed by atoms with Crippen molar-refractivity contribution in [3.8, 4) is 23.0 Å². The quantitative estimate of drug-likeness (QED) is 0.324. The number of aliphatic carboxylic acids is 1. The van der Waals surface area contributed by atoms with Gasteiger partial charge in [0.15, 0.2) is 11.5 Å². The third kappa shape index (κ3) is 6.49. The summed E-state index contributed by atoms with van der Waals surface area (Å²) >= 11 is 6.58. The molecule has 3 aromatic rings. The van der Waals surface area contributed by atoms with Crippen LogP contribution in [0.4, 0.5) is 10.5 Å². The number of amides is 1. The van der Waals surface area contributed by atoms with Crippen LogP contribution in [0.15, 0.2) is 45.6 Å². The second kappa shape index (κ2) is 12.6. The Labute approximate surface area is 240 Å². The van der Waals surface area contributed by atoms with Crippen molar-refractivity contribution in [1.82, 2.24) is 14.7 Å². The smallest absolute Gasteiger partial charge is 0.437 e. The third-order valence-corrected chi connectivity index (χ3v) is 7.54. The molecular weight excluding hydrogens is 556 g/mol. The van der Waals surface area contributed by atoms with Crippen molar-refractivity contribution >= 4 is 29.4 Å². The molecule has 1 fully saturated rings. The van der Waals surface area contributed by atoms with Crippen LogP contribution >= 0.6 is 11.6 Å². The molecule has 41 heavy (non-hydrogen) atoms. The number of unbranched alkanes of at least 4 members (excludes halogenated alkanes) is 1. The molecule has 1 amide bonds. The zero-order chi connectivity index (χ0) is 28.9. The molecule has 2 N–H and O–H groups in total. The van der Waals surface area contributed by atoms with Crippen molar-refractivity contribution in [1.29, 1.82) is 0 Å².